The van der Waals surface area contributed by atoms with Crippen molar-refractivity contribution in [3.63, 3.8) is 0 Å². The van der Waals surface area contributed by atoms with E-state index in [1.54, 1.807) is 11.3 Å². The minimum Gasteiger partial charge on any atom is -0.347 e. The van der Waals surface area contributed by atoms with Crippen LogP contribution in [0.3, 0.4) is 0 Å². The molecule has 0 spiro atoms. The molecule has 0 amide bonds. The fraction of sp³-hybridized carbons (Fsp3) is 0.417. The van der Waals surface area contributed by atoms with E-state index in [0.29, 0.717) is 0 Å². The van der Waals surface area contributed by atoms with Crippen LogP contribution in [-0.2, 0) is 0 Å². The van der Waals surface area contributed by atoms with E-state index >= 15 is 0 Å². The Morgan fingerprint density at radius 3 is 3.06 bits per heavy atom. The smallest absolute Gasteiger partial charge is 0.186 e. The number of thiazole rings is 1. The molecular formula is C12H13ClN2S. The number of rotatable bonds is 1. The van der Waals surface area contributed by atoms with Gasteiger partial charge in [-0.25, -0.2) is 4.98 Å². The molecule has 3 rings (SSSR count). The predicted molar refractivity (Wildman–Crippen MR) is 70.7 cm³/mol. The highest BCUT2D eigenvalue weighted by atomic mass is 35.5. The summed E-state index contributed by atoms with van der Waals surface area (Å²) in [5.41, 5.74) is 1.10. The largest absolute Gasteiger partial charge is 0.347 e. The summed E-state index contributed by atoms with van der Waals surface area (Å²) >= 11 is 7.96. The van der Waals surface area contributed by atoms with Gasteiger partial charge >= 0.3 is 0 Å². The Morgan fingerprint density at radius 1 is 1.38 bits per heavy atom. The normalized spacial score (nSPS) is 21.6. The van der Waals surface area contributed by atoms with Crippen LogP contribution in [0.2, 0.25) is 0 Å². The van der Waals surface area contributed by atoms with Gasteiger partial charge in [-0.05, 0) is 25.0 Å². The van der Waals surface area contributed by atoms with Crippen LogP contribution in [0, 0.1) is 0 Å². The highest BCUT2D eigenvalue weighted by Crippen LogP contribution is 2.30. The van der Waals surface area contributed by atoms with Crippen molar-refractivity contribution in [1.29, 1.82) is 0 Å². The molecule has 16 heavy (non-hydrogen) atoms. The molecule has 84 valence electrons. The van der Waals surface area contributed by atoms with Gasteiger partial charge in [-0.3, -0.25) is 0 Å². The van der Waals surface area contributed by atoms with Gasteiger partial charge in [-0.1, -0.05) is 23.5 Å². The molecule has 2 aromatic rings. The Morgan fingerprint density at radius 2 is 2.25 bits per heavy atom. The second-order valence-corrected chi connectivity index (χ2v) is 5.78. The minimum atomic E-state index is 0.278. The predicted octanol–water partition coefficient (Wildman–Crippen LogP) is 3.50. The van der Waals surface area contributed by atoms with Crippen LogP contribution in [0.1, 0.15) is 12.8 Å². The first-order chi connectivity index (χ1) is 7.83. The number of piperidine rings is 1. The molecule has 0 bridgehead atoms. The average molecular weight is 253 g/mol. The van der Waals surface area contributed by atoms with Gasteiger partial charge in [0.1, 0.15) is 0 Å². The summed E-state index contributed by atoms with van der Waals surface area (Å²) < 4.78 is 1.26. The summed E-state index contributed by atoms with van der Waals surface area (Å²) in [6.45, 7) is 2.02. The van der Waals surface area contributed by atoms with E-state index in [9.17, 15) is 0 Å². The fourth-order valence-electron chi connectivity index (χ4n) is 2.09. The van der Waals surface area contributed by atoms with Gasteiger partial charge in [-0.15, -0.1) is 11.6 Å². The number of para-hydroxylation sites is 1. The Bertz CT molecular complexity index is 463. The Labute approximate surface area is 104 Å². The molecule has 2 heterocycles. The maximum Gasteiger partial charge on any atom is 0.186 e. The van der Waals surface area contributed by atoms with Gasteiger partial charge in [0.05, 0.1) is 15.6 Å². The number of nitrogens with zero attached hydrogens (tertiary/aromatic N) is 2. The number of halogens is 1. The van der Waals surface area contributed by atoms with Crippen LogP contribution in [0.5, 0.6) is 0 Å². The van der Waals surface area contributed by atoms with Crippen LogP contribution in [0.4, 0.5) is 5.13 Å². The van der Waals surface area contributed by atoms with Crippen molar-refractivity contribution in [3.8, 4) is 0 Å². The lowest BCUT2D eigenvalue weighted by Gasteiger charge is -2.29. The van der Waals surface area contributed by atoms with Crippen molar-refractivity contribution in [2.24, 2.45) is 0 Å². The zero-order chi connectivity index (χ0) is 11.0. The minimum absolute atomic E-state index is 0.278. The molecule has 4 heteroatoms. The van der Waals surface area contributed by atoms with Crippen molar-refractivity contribution in [3.05, 3.63) is 24.3 Å². The van der Waals surface area contributed by atoms with E-state index in [-0.39, 0.29) is 5.38 Å². The van der Waals surface area contributed by atoms with Gasteiger partial charge in [0.15, 0.2) is 5.13 Å². The van der Waals surface area contributed by atoms with Crippen molar-refractivity contribution in [2.75, 3.05) is 18.0 Å². The molecule has 1 unspecified atom stereocenters. The zero-order valence-corrected chi connectivity index (χ0v) is 10.5. The van der Waals surface area contributed by atoms with Gasteiger partial charge in [0.2, 0.25) is 0 Å². The van der Waals surface area contributed by atoms with Crippen molar-refractivity contribution >= 4 is 38.3 Å². The number of anilines is 1. The molecule has 2 nitrogen and oxygen atoms in total. The van der Waals surface area contributed by atoms with E-state index in [2.05, 4.69) is 28.1 Å². The summed E-state index contributed by atoms with van der Waals surface area (Å²) in [7, 11) is 0. The highest BCUT2D eigenvalue weighted by Gasteiger charge is 2.20. The first-order valence-corrected chi connectivity index (χ1v) is 6.83. The van der Waals surface area contributed by atoms with Crippen molar-refractivity contribution < 1.29 is 0 Å². The third-order valence-electron chi connectivity index (χ3n) is 2.92. The number of aromatic nitrogens is 1. The molecule has 1 atom stereocenters. The van der Waals surface area contributed by atoms with Gasteiger partial charge in [-0.2, -0.15) is 0 Å². The summed E-state index contributed by atoms with van der Waals surface area (Å²) in [5, 5.41) is 1.40. The third-order valence-corrected chi connectivity index (χ3v) is 4.37. The average Bonchev–Trinajstić information content (AvgIpc) is 2.72. The molecule has 1 saturated heterocycles. The summed E-state index contributed by atoms with van der Waals surface area (Å²) in [6, 6.07) is 8.29. The lowest BCUT2D eigenvalue weighted by Crippen LogP contribution is -2.35. The molecule has 1 fully saturated rings. The van der Waals surface area contributed by atoms with Crippen LogP contribution in [0.15, 0.2) is 24.3 Å². The standard InChI is InChI=1S/C12H13ClN2S/c13-9-4-3-7-15(8-9)12-14-10-5-1-2-6-11(10)16-12/h1-2,5-6,9H,3-4,7-8H2. The molecule has 0 radical (unpaired) electrons. The molecule has 0 aliphatic carbocycles. The quantitative estimate of drug-likeness (QED) is 0.722. The maximum atomic E-state index is 6.20. The maximum absolute atomic E-state index is 6.20. The van der Waals surface area contributed by atoms with Gasteiger partial charge < -0.3 is 4.90 Å². The van der Waals surface area contributed by atoms with Gasteiger partial charge in [0, 0.05) is 13.1 Å². The molecule has 0 N–H and O–H groups in total. The molecular weight excluding hydrogens is 240 g/mol. The van der Waals surface area contributed by atoms with Crippen LogP contribution < -0.4 is 4.90 Å². The second-order valence-electron chi connectivity index (χ2n) is 4.15. The topological polar surface area (TPSA) is 16.1 Å². The Balaban J connectivity index is 1.93. The monoisotopic (exact) mass is 252 g/mol. The summed E-state index contributed by atoms with van der Waals surface area (Å²) in [6.07, 6.45) is 2.30. The van der Waals surface area contributed by atoms with E-state index < -0.39 is 0 Å². The highest BCUT2D eigenvalue weighted by molar-refractivity contribution is 7.22. The van der Waals surface area contributed by atoms with Crippen LogP contribution >= 0.6 is 22.9 Å². The van der Waals surface area contributed by atoms with E-state index in [4.69, 9.17) is 11.6 Å². The molecule has 1 aliphatic rings. The van der Waals surface area contributed by atoms with E-state index in [1.165, 1.54) is 11.1 Å². The SMILES string of the molecule is ClC1CCCN(c2nc3ccccc3s2)C1. The second kappa shape index (κ2) is 4.22. The van der Waals surface area contributed by atoms with E-state index in [1.807, 2.05) is 6.07 Å². The third kappa shape index (κ3) is 1.89. The first kappa shape index (κ1) is 10.4. The van der Waals surface area contributed by atoms with Gasteiger partial charge in [0.25, 0.3) is 0 Å². The number of fused-ring (bicyclic) bond motifs is 1. The first-order valence-electron chi connectivity index (χ1n) is 5.57. The Hall–Kier alpha value is -0.800. The van der Waals surface area contributed by atoms with Crippen molar-refractivity contribution in [2.45, 2.75) is 18.2 Å². The molecule has 0 saturated carbocycles. The summed E-state index contributed by atoms with van der Waals surface area (Å²) in [5.74, 6) is 0. The summed E-state index contributed by atoms with van der Waals surface area (Å²) in [4.78, 5) is 6.97. The number of alkyl halides is 1. The Kier molecular flexibility index (Phi) is 2.74. The van der Waals surface area contributed by atoms with Crippen molar-refractivity contribution in [1.82, 2.24) is 4.98 Å². The van der Waals surface area contributed by atoms with Crippen LogP contribution in [0.25, 0.3) is 10.2 Å². The molecule has 1 aromatic carbocycles. The fourth-order valence-corrected chi connectivity index (χ4v) is 3.42. The zero-order valence-electron chi connectivity index (χ0n) is 8.90. The number of benzene rings is 1. The molecule has 1 aliphatic heterocycles. The number of hydrogen-bond donors (Lipinski definition) is 0. The van der Waals surface area contributed by atoms with Crippen LogP contribution in [-0.4, -0.2) is 23.5 Å². The lowest BCUT2D eigenvalue weighted by molar-refractivity contribution is 0.584. The lowest BCUT2D eigenvalue weighted by atomic mass is 10.1. The van der Waals surface area contributed by atoms with E-state index in [0.717, 1.165) is 30.2 Å². The number of hydrogen-bond acceptors (Lipinski definition) is 3. The molecule has 1 aromatic heterocycles.